The molecule has 1 fully saturated rings. The molecule has 0 bridgehead atoms. The first kappa shape index (κ1) is 37.3. The van der Waals surface area contributed by atoms with Gasteiger partial charge in [0.15, 0.2) is 5.78 Å². The molecule has 1 aliphatic rings. The van der Waals surface area contributed by atoms with Gasteiger partial charge in [-0.15, -0.1) is 11.3 Å². The largest absolute Gasteiger partial charge is 0.416 e. The standard InChI is InChI=1S/C38H41F3N2O5S2/c1-42(50(2,47)48)32-23-29(22-30(24-32)37(46)43-18-8-15-33(43)36-17-9-19-49-36)35(45)25-28(20-26-10-4-3-5-11-26)34(44)16-7-13-27-12-6-14-31(21-27)38(39,40)41/h3-6,9-12,14,17,19,21-24,28,33-34,44H,7-8,13,15-16,18,20,25H2,1-2H3/t28-,33?,34-/m1/s1. The number of rotatable bonds is 14. The lowest BCUT2D eigenvalue weighted by Gasteiger charge is -2.26. The lowest BCUT2D eigenvalue weighted by Crippen LogP contribution is -2.31. The Labute approximate surface area is 295 Å². The lowest BCUT2D eigenvalue weighted by atomic mass is 9.85. The molecule has 1 amide bonds. The molecule has 2 heterocycles. The monoisotopic (exact) mass is 726 g/mol. The molecule has 266 valence electrons. The molecule has 0 aliphatic carbocycles. The lowest BCUT2D eigenvalue weighted by molar-refractivity contribution is -0.137. The minimum atomic E-state index is -4.45. The maximum atomic E-state index is 14.0. The number of carbonyl (C=O) groups excluding carboxylic acids is 2. The second-order valence-electron chi connectivity index (χ2n) is 12.9. The topological polar surface area (TPSA) is 95.0 Å². The number of alkyl halides is 3. The van der Waals surface area contributed by atoms with E-state index < -0.39 is 33.8 Å². The number of hydrogen-bond donors (Lipinski definition) is 1. The average Bonchev–Trinajstić information content (AvgIpc) is 3.80. The summed E-state index contributed by atoms with van der Waals surface area (Å²) in [6, 6.07) is 22.8. The van der Waals surface area contributed by atoms with E-state index in [-0.39, 0.29) is 47.4 Å². The summed E-state index contributed by atoms with van der Waals surface area (Å²) in [7, 11) is -2.37. The summed E-state index contributed by atoms with van der Waals surface area (Å²) in [6.45, 7) is 0.530. The number of benzene rings is 3. The van der Waals surface area contributed by atoms with Crippen LogP contribution in [0.2, 0.25) is 0 Å². The number of likely N-dealkylation sites (tertiary alicyclic amines) is 1. The van der Waals surface area contributed by atoms with E-state index in [1.54, 1.807) is 22.3 Å². The Morgan fingerprint density at radius 2 is 1.70 bits per heavy atom. The Morgan fingerprint density at radius 1 is 0.980 bits per heavy atom. The number of sulfonamides is 1. The number of aliphatic hydroxyl groups is 1. The van der Waals surface area contributed by atoms with Gasteiger partial charge in [0.2, 0.25) is 10.0 Å². The van der Waals surface area contributed by atoms with Crippen molar-refractivity contribution in [3.05, 3.63) is 123 Å². The van der Waals surface area contributed by atoms with Crippen LogP contribution >= 0.6 is 11.3 Å². The highest BCUT2D eigenvalue weighted by molar-refractivity contribution is 7.92. The van der Waals surface area contributed by atoms with Crippen LogP contribution in [-0.4, -0.2) is 56.1 Å². The molecule has 1 aliphatic heterocycles. The number of nitrogens with zero attached hydrogens (tertiary/aromatic N) is 2. The number of anilines is 1. The highest BCUT2D eigenvalue weighted by atomic mass is 32.2. The van der Waals surface area contributed by atoms with Gasteiger partial charge in [-0.3, -0.25) is 13.9 Å². The van der Waals surface area contributed by atoms with Gasteiger partial charge in [0.05, 0.1) is 29.7 Å². The van der Waals surface area contributed by atoms with E-state index in [0.29, 0.717) is 31.4 Å². The maximum absolute atomic E-state index is 14.0. The van der Waals surface area contributed by atoms with Crippen LogP contribution in [0, 0.1) is 5.92 Å². The van der Waals surface area contributed by atoms with Crippen molar-refractivity contribution in [3.63, 3.8) is 0 Å². The van der Waals surface area contributed by atoms with Gasteiger partial charge in [-0.05, 0) is 91.3 Å². The molecule has 3 atom stereocenters. The number of Topliss-reactive ketones (excluding diaryl/α,β-unsaturated/α-hetero) is 1. The van der Waals surface area contributed by atoms with Crippen molar-refractivity contribution in [2.45, 2.75) is 63.3 Å². The van der Waals surface area contributed by atoms with Crippen molar-refractivity contribution in [2.24, 2.45) is 5.92 Å². The number of thiophene rings is 1. The highest BCUT2D eigenvalue weighted by Gasteiger charge is 2.33. The van der Waals surface area contributed by atoms with Gasteiger partial charge in [0.25, 0.3) is 5.91 Å². The molecule has 1 saturated heterocycles. The Morgan fingerprint density at radius 3 is 2.38 bits per heavy atom. The molecule has 4 aromatic rings. The van der Waals surface area contributed by atoms with Crippen molar-refractivity contribution in [1.82, 2.24) is 4.90 Å². The molecule has 7 nitrogen and oxygen atoms in total. The number of halogens is 3. The normalized spacial score (nSPS) is 16.3. The molecule has 1 N–H and O–H groups in total. The second kappa shape index (κ2) is 15.9. The summed E-state index contributed by atoms with van der Waals surface area (Å²) in [5, 5.41) is 13.4. The van der Waals surface area contributed by atoms with Gasteiger partial charge in [-0.2, -0.15) is 13.2 Å². The fraction of sp³-hybridized carbons (Fsp3) is 0.368. The first-order valence-corrected chi connectivity index (χ1v) is 19.3. The summed E-state index contributed by atoms with van der Waals surface area (Å²) in [5.74, 6) is -1.21. The fourth-order valence-corrected chi connectivity index (χ4v) is 7.85. The van der Waals surface area contributed by atoms with Gasteiger partial charge in [-0.1, -0.05) is 54.6 Å². The van der Waals surface area contributed by atoms with Crippen LogP contribution in [0.1, 0.15) is 80.4 Å². The van der Waals surface area contributed by atoms with E-state index in [4.69, 9.17) is 0 Å². The molecule has 1 aromatic heterocycles. The Bertz CT molecular complexity index is 1880. The van der Waals surface area contributed by atoms with Crippen molar-refractivity contribution >= 4 is 38.7 Å². The Hall–Kier alpha value is -4.00. The fourth-order valence-electron chi connectivity index (χ4n) is 6.49. The summed E-state index contributed by atoms with van der Waals surface area (Å²) in [6.07, 6.45) is -1.51. The molecular weight excluding hydrogens is 686 g/mol. The molecule has 12 heteroatoms. The average molecular weight is 727 g/mol. The van der Waals surface area contributed by atoms with Crippen LogP contribution in [0.4, 0.5) is 18.9 Å². The zero-order valence-electron chi connectivity index (χ0n) is 28.0. The minimum Gasteiger partial charge on any atom is -0.393 e. The molecule has 50 heavy (non-hydrogen) atoms. The number of aryl methyl sites for hydroxylation is 1. The van der Waals surface area contributed by atoms with Gasteiger partial charge in [0.1, 0.15) is 0 Å². The molecule has 5 rings (SSSR count). The number of aliphatic hydroxyl groups excluding tert-OH is 1. The summed E-state index contributed by atoms with van der Waals surface area (Å²) in [4.78, 5) is 30.9. The molecular formula is C38H41F3N2O5S2. The third-order valence-electron chi connectivity index (χ3n) is 9.29. The third-order valence-corrected chi connectivity index (χ3v) is 11.5. The molecule has 0 spiro atoms. The predicted molar refractivity (Wildman–Crippen MR) is 190 cm³/mol. The Kier molecular flexibility index (Phi) is 11.9. The predicted octanol–water partition coefficient (Wildman–Crippen LogP) is 7.96. The number of ketones is 1. The van der Waals surface area contributed by atoms with Crippen LogP contribution in [0.5, 0.6) is 0 Å². The smallest absolute Gasteiger partial charge is 0.393 e. The molecule has 1 unspecified atom stereocenters. The van der Waals surface area contributed by atoms with E-state index in [2.05, 4.69) is 0 Å². The van der Waals surface area contributed by atoms with Crippen LogP contribution < -0.4 is 4.31 Å². The van der Waals surface area contributed by atoms with Crippen LogP contribution in [0.25, 0.3) is 0 Å². The van der Waals surface area contributed by atoms with E-state index in [1.807, 2.05) is 47.8 Å². The number of carbonyl (C=O) groups is 2. The van der Waals surface area contributed by atoms with E-state index in [0.717, 1.165) is 46.0 Å². The highest BCUT2D eigenvalue weighted by Crippen LogP contribution is 2.36. The van der Waals surface area contributed by atoms with E-state index in [1.165, 1.54) is 31.3 Å². The summed E-state index contributed by atoms with van der Waals surface area (Å²) in [5.41, 5.74) is 1.21. The van der Waals surface area contributed by atoms with Gasteiger partial charge < -0.3 is 10.0 Å². The number of amides is 1. The zero-order valence-corrected chi connectivity index (χ0v) is 29.6. The van der Waals surface area contributed by atoms with Gasteiger partial charge in [0, 0.05) is 36.0 Å². The first-order chi connectivity index (χ1) is 23.7. The van der Waals surface area contributed by atoms with Crippen molar-refractivity contribution in [1.29, 1.82) is 0 Å². The molecule has 0 saturated carbocycles. The van der Waals surface area contributed by atoms with Crippen molar-refractivity contribution in [3.8, 4) is 0 Å². The van der Waals surface area contributed by atoms with Crippen molar-refractivity contribution in [2.75, 3.05) is 24.2 Å². The van der Waals surface area contributed by atoms with Crippen LogP contribution in [0.3, 0.4) is 0 Å². The van der Waals surface area contributed by atoms with Gasteiger partial charge in [-0.25, -0.2) is 8.42 Å². The van der Waals surface area contributed by atoms with E-state index >= 15 is 0 Å². The van der Waals surface area contributed by atoms with Crippen molar-refractivity contribution < 1.29 is 36.3 Å². The minimum absolute atomic E-state index is 0.0964. The van der Waals surface area contributed by atoms with Crippen LogP contribution in [-0.2, 0) is 29.0 Å². The van der Waals surface area contributed by atoms with Gasteiger partial charge >= 0.3 is 6.18 Å². The summed E-state index contributed by atoms with van der Waals surface area (Å²) >= 11 is 1.57. The Balaban J connectivity index is 1.39. The zero-order chi connectivity index (χ0) is 36.1. The molecule has 0 radical (unpaired) electrons. The van der Waals surface area contributed by atoms with Crippen LogP contribution in [0.15, 0.2) is 90.3 Å². The first-order valence-electron chi connectivity index (χ1n) is 16.6. The third kappa shape index (κ3) is 9.41. The quantitative estimate of drug-likeness (QED) is 0.133. The maximum Gasteiger partial charge on any atom is 0.416 e. The van der Waals surface area contributed by atoms with E-state index in [9.17, 15) is 36.3 Å². The SMILES string of the molecule is CN(c1cc(C(=O)C[C@@H](Cc2ccccc2)[C@H](O)CCCc2cccc(C(F)(F)F)c2)cc(C(=O)N2CCCC2c2cccs2)c1)S(C)(=O)=O. The number of hydrogen-bond acceptors (Lipinski definition) is 6. The summed E-state index contributed by atoms with van der Waals surface area (Å²) < 4.78 is 65.8. The second-order valence-corrected chi connectivity index (χ2v) is 15.9. The molecule has 3 aromatic carbocycles.